The van der Waals surface area contributed by atoms with E-state index in [4.69, 9.17) is 11.5 Å². The summed E-state index contributed by atoms with van der Waals surface area (Å²) in [5, 5.41) is 2.96. The number of carbonyl (C=O) groups is 2. The van der Waals surface area contributed by atoms with Crippen LogP contribution in [0.1, 0.15) is 50.5 Å². The van der Waals surface area contributed by atoms with Gasteiger partial charge in [-0.25, -0.2) is 0 Å². The molecule has 1 saturated heterocycles. The first-order valence-electron chi connectivity index (χ1n) is 9.22. The van der Waals surface area contributed by atoms with Crippen molar-refractivity contribution >= 4 is 42.3 Å². The van der Waals surface area contributed by atoms with Gasteiger partial charge in [0.25, 0.3) is 0 Å². The minimum atomic E-state index is -0.253. The van der Waals surface area contributed by atoms with Crippen LogP contribution in [-0.4, -0.2) is 35.8 Å². The number of nitrogens with zero attached hydrogens (tertiary/aromatic N) is 1. The summed E-state index contributed by atoms with van der Waals surface area (Å²) in [6.45, 7) is 2.27. The maximum absolute atomic E-state index is 12.0. The molecule has 2 amide bonds. The minimum absolute atomic E-state index is 0. The number of rotatable bonds is 10. The highest BCUT2D eigenvalue weighted by molar-refractivity contribution is 5.90. The Morgan fingerprint density at radius 3 is 2.59 bits per heavy atom. The smallest absolute Gasteiger partial charge is 0.234 e. The predicted molar refractivity (Wildman–Crippen MR) is 114 cm³/mol. The fraction of sp³-hybridized carbons (Fsp3) is 0.579. The van der Waals surface area contributed by atoms with Crippen molar-refractivity contribution in [1.29, 1.82) is 0 Å². The van der Waals surface area contributed by atoms with Crippen LogP contribution in [0.15, 0.2) is 24.3 Å². The van der Waals surface area contributed by atoms with E-state index in [1.165, 1.54) is 0 Å². The van der Waals surface area contributed by atoms with Gasteiger partial charge in [0.1, 0.15) is 0 Å². The van der Waals surface area contributed by atoms with E-state index in [0.717, 1.165) is 56.3 Å². The molecule has 0 radical (unpaired) electrons. The number of benzene rings is 1. The van der Waals surface area contributed by atoms with E-state index in [1.807, 2.05) is 24.3 Å². The first-order valence-corrected chi connectivity index (χ1v) is 9.22. The monoisotopic (exact) mass is 418 g/mol. The molecule has 0 spiro atoms. The average Bonchev–Trinajstić information content (AvgIpc) is 3.03. The van der Waals surface area contributed by atoms with Crippen molar-refractivity contribution in [2.75, 3.05) is 18.4 Å². The van der Waals surface area contributed by atoms with Crippen molar-refractivity contribution in [3.8, 4) is 0 Å². The number of nitrogens with one attached hydrogen (secondary N) is 1. The molecule has 1 unspecified atom stereocenters. The molecule has 1 heterocycles. The second kappa shape index (κ2) is 13.8. The number of hydrogen-bond acceptors (Lipinski definition) is 4. The molecule has 154 valence electrons. The van der Waals surface area contributed by atoms with Gasteiger partial charge in [-0.2, -0.15) is 0 Å². The van der Waals surface area contributed by atoms with Gasteiger partial charge in [0.15, 0.2) is 0 Å². The lowest BCUT2D eigenvalue weighted by molar-refractivity contribution is -0.122. The summed E-state index contributed by atoms with van der Waals surface area (Å²) in [6, 6.07) is 7.64. The van der Waals surface area contributed by atoms with Gasteiger partial charge in [0, 0.05) is 18.7 Å². The molecule has 0 aromatic heterocycles. The van der Waals surface area contributed by atoms with Gasteiger partial charge in [-0.05, 0) is 56.5 Å². The number of nitrogens with two attached hydrogens (primary N) is 2. The summed E-state index contributed by atoms with van der Waals surface area (Å²) in [5.41, 5.74) is 12.8. The van der Waals surface area contributed by atoms with Crippen molar-refractivity contribution in [2.24, 2.45) is 11.5 Å². The number of halogens is 2. The SMILES string of the molecule is Cl.Cl.NCCCCCCC(=O)Nc1cccc(CN2CCCC2C(N)=O)c1. The fourth-order valence-electron chi connectivity index (χ4n) is 3.33. The largest absolute Gasteiger partial charge is 0.368 e. The Bertz CT molecular complexity index is 587. The number of likely N-dealkylation sites (tertiary alicyclic amines) is 1. The summed E-state index contributed by atoms with van der Waals surface area (Å²) < 4.78 is 0. The highest BCUT2D eigenvalue weighted by Crippen LogP contribution is 2.21. The molecule has 0 aliphatic carbocycles. The molecule has 1 fully saturated rings. The van der Waals surface area contributed by atoms with Gasteiger partial charge >= 0.3 is 0 Å². The molecule has 0 bridgehead atoms. The number of anilines is 1. The van der Waals surface area contributed by atoms with Crippen molar-refractivity contribution in [2.45, 2.75) is 57.5 Å². The maximum atomic E-state index is 12.0. The van der Waals surface area contributed by atoms with Crippen molar-refractivity contribution in [3.63, 3.8) is 0 Å². The van der Waals surface area contributed by atoms with Crippen LogP contribution in [0.25, 0.3) is 0 Å². The van der Waals surface area contributed by atoms with Crippen molar-refractivity contribution in [1.82, 2.24) is 4.90 Å². The van der Waals surface area contributed by atoms with E-state index in [0.29, 0.717) is 19.5 Å². The second-order valence-electron chi connectivity index (χ2n) is 6.73. The van der Waals surface area contributed by atoms with Crippen molar-refractivity contribution < 1.29 is 9.59 Å². The van der Waals surface area contributed by atoms with Crippen LogP contribution in [0.3, 0.4) is 0 Å². The zero-order chi connectivity index (χ0) is 18.1. The summed E-state index contributed by atoms with van der Waals surface area (Å²) in [6.07, 6.45) is 6.38. The number of carbonyl (C=O) groups excluding carboxylic acids is 2. The quantitative estimate of drug-likeness (QED) is 0.508. The molecule has 2 rings (SSSR count). The molecule has 8 heteroatoms. The van der Waals surface area contributed by atoms with E-state index < -0.39 is 0 Å². The van der Waals surface area contributed by atoms with Gasteiger partial charge in [0.05, 0.1) is 6.04 Å². The van der Waals surface area contributed by atoms with Crippen LogP contribution in [-0.2, 0) is 16.1 Å². The highest BCUT2D eigenvalue weighted by Gasteiger charge is 2.28. The van der Waals surface area contributed by atoms with E-state index >= 15 is 0 Å². The molecule has 1 aromatic carbocycles. The maximum Gasteiger partial charge on any atom is 0.234 e. The van der Waals surface area contributed by atoms with Crippen LogP contribution < -0.4 is 16.8 Å². The molecule has 1 aromatic rings. The number of amides is 2. The third-order valence-corrected chi connectivity index (χ3v) is 4.65. The summed E-state index contributed by atoms with van der Waals surface area (Å²) in [5.74, 6) is -0.210. The summed E-state index contributed by atoms with van der Waals surface area (Å²) >= 11 is 0. The van der Waals surface area contributed by atoms with Gasteiger partial charge in [-0.15, -0.1) is 24.8 Å². The van der Waals surface area contributed by atoms with Crippen LogP contribution in [0.5, 0.6) is 0 Å². The van der Waals surface area contributed by atoms with Gasteiger partial charge in [-0.1, -0.05) is 25.0 Å². The summed E-state index contributed by atoms with van der Waals surface area (Å²) in [4.78, 5) is 25.6. The van der Waals surface area contributed by atoms with Crippen LogP contribution in [0, 0.1) is 0 Å². The lowest BCUT2D eigenvalue weighted by Gasteiger charge is -2.22. The topological polar surface area (TPSA) is 101 Å². The van der Waals surface area contributed by atoms with Gasteiger partial charge in [0.2, 0.25) is 11.8 Å². The second-order valence-corrected chi connectivity index (χ2v) is 6.73. The lowest BCUT2D eigenvalue weighted by Crippen LogP contribution is -2.39. The van der Waals surface area contributed by atoms with E-state index in [9.17, 15) is 9.59 Å². The molecular formula is C19H32Cl2N4O2. The number of hydrogen-bond donors (Lipinski definition) is 3. The zero-order valence-corrected chi connectivity index (χ0v) is 17.3. The number of primary amides is 1. The molecule has 6 nitrogen and oxygen atoms in total. The Labute approximate surface area is 174 Å². The predicted octanol–water partition coefficient (Wildman–Crippen LogP) is 2.83. The van der Waals surface area contributed by atoms with Gasteiger partial charge in [-0.3, -0.25) is 14.5 Å². The number of unbranched alkanes of at least 4 members (excludes halogenated alkanes) is 3. The first-order chi connectivity index (χ1) is 12.1. The summed E-state index contributed by atoms with van der Waals surface area (Å²) in [7, 11) is 0. The zero-order valence-electron chi connectivity index (χ0n) is 15.7. The Morgan fingerprint density at radius 2 is 1.89 bits per heavy atom. The standard InChI is InChI=1S/C19H30N4O2.2ClH/c20-11-4-2-1-3-10-18(24)22-16-8-5-7-15(13-16)14-23-12-6-9-17(23)19(21)25;;/h5,7-8,13,17H,1-4,6,9-12,14,20H2,(H2,21,25)(H,22,24);2*1H. The molecule has 5 N–H and O–H groups in total. The molecular weight excluding hydrogens is 387 g/mol. The normalized spacial score (nSPS) is 16.3. The molecule has 27 heavy (non-hydrogen) atoms. The van der Waals surface area contributed by atoms with Crippen LogP contribution >= 0.6 is 24.8 Å². The third kappa shape index (κ3) is 8.93. The van der Waals surface area contributed by atoms with E-state index in [2.05, 4.69) is 10.2 Å². The van der Waals surface area contributed by atoms with E-state index in [-0.39, 0.29) is 42.7 Å². The minimum Gasteiger partial charge on any atom is -0.368 e. The Morgan fingerprint density at radius 1 is 1.15 bits per heavy atom. The van der Waals surface area contributed by atoms with Crippen molar-refractivity contribution in [3.05, 3.63) is 29.8 Å². The highest BCUT2D eigenvalue weighted by atomic mass is 35.5. The lowest BCUT2D eigenvalue weighted by atomic mass is 10.1. The Balaban J connectivity index is 0.00000338. The average molecular weight is 419 g/mol. The molecule has 1 aliphatic heterocycles. The molecule has 1 aliphatic rings. The Hall–Kier alpha value is -1.34. The van der Waals surface area contributed by atoms with E-state index in [1.54, 1.807) is 0 Å². The first kappa shape index (κ1) is 25.7. The van der Waals surface area contributed by atoms with Crippen LogP contribution in [0.2, 0.25) is 0 Å². The third-order valence-electron chi connectivity index (χ3n) is 4.65. The van der Waals surface area contributed by atoms with Gasteiger partial charge < -0.3 is 16.8 Å². The molecule has 0 saturated carbocycles. The molecule has 1 atom stereocenters. The fourth-order valence-corrected chi connectivity index (χ4v) is 3.33. The van der Waals surface area contributed by atoms with Crippen LogP contribution in [0.4, 0.5) is 5.69 Å². The Kier molecular flexibility index (Phi) is 13.1.